The summed E-state index contributed by atoms with van der Waals surface area (Å²) in [5, 5.41) is 6.55. The quantitative estimate of drug-likeness (QED) is 0.781. The number of ether oxygens (including phenoxy) is 1. The van der Waals surface area contributed by atoms with Crippen LogP contribution in [0.4, 0.5) is 0 Å². The number of amides is 1. The molecule has 0 radical (unpaired) electrons. The average molecular weight is 254 g/mol. The molecule has 1 saturated carbocycles. The van der Waals surface area contributed by atoms with E-state index in [1.807, 2.05) is 6.92 Å². The molecular formula is C14H26N2O2. The SMILES string of the molecule is CCOC1CC(NC(=O)C2(CC)CCNCC2)C1. The topological polar surface area (TPSA) is 50.4 Å². The Morgan fingerprint density at radius 1 is 1.33 bits per heavy atom. The second-order valence-electron chi connectivity index (χ2n) is 5.60. The summed E-state index contributed by atoms with van der Waals surface area (Å²) in [6.07, 6.45) is 5.22. The van der Waals surface area contributed by atoms with Gasteiger partial charge in [0.05, 0.1) is 11.5 Å². The zero-order valence-electron chi connectivity index (χ0n) is 11.6. The van der Waals surface area contributed by atoms with Crippen LogP contribution in [0.1, 0.15) is 46.0 Å². The number of carbonyl (C=O) groups excluding carboxylic acids is 1. The maximum absolute atomic E-state index is 12.4. The average Bonchev–Trinajstić information content (AvgIpc) is 2.37. The van der Waals surface area contributed by atoms with Gasteiger partial charge < -0.3 is 15.4 Å². The second kappa shape index (κ2) is 6.02. The van der Waals surface area contributed by atoms with Crippen molar-refractivity contribution in [1.29, 1.82) is 0 Å². The van der Waals surface area contributed by atoms with E-state index in [1.165, 1.54) is 0 Å². The van der Waals surface area contributed by atoms with E-state index in [1.54, 1.807) is 0 Å². The maximum Gasteiger partial charge on any atom is 0.226 e. The summed E-state index contributed by atoms with van der Waals surface area (Å²) in [4.78, 5) is 12.4. The summed E-state index contributed by atoms with van der Waals surface area (Å²) in [6.45, 7) is 6.86. The van der Waals surface area contributed by atoms with Crippen molar-refractivity contribution < 1.29 is 9.53 Å². The minimum Gasteiger partial charge on any atom is -0.378 e. The van der Waals surface area contributed by atoms with Crippen molar-refractivity contribution >= 4 is 5.91 Å². The predicted molar refractivity (Wildman–Crippen MR) is 71.4 cm³/mol. The molecule has 0 bridgehead atoms. The number of nitrogens with one attached hydrogen (secondary N) is 2. The first-order valence-electron chi connectivity index (χ1n) is 7.33. The van der Waals surface area contributed by atoms with E-state index in [0.717, 1.165) is 51.8 Å². The number of hydrogen-bond acceptors (Lipinski definition) is 3. The third-order valence-electron chi connectivity index (χ3n) is 4.55. The molecule has 1 aliphatic heterocycles. The fourth-order valence-corrected chi connectivity index (χ4v) is 3.04. The van der Waals surface area contributed by atoms with Crippen LogP contribution >= 0.6 is 0 Å². The summed E-state index contributed by atoms with van der Waals surface area (Å²) >= 11 is 0. The molecule has 0 spiro atoms. The summed E-state index contributed by atoms with van der Waals surface area (Å²) in [5.41, 5.74) is -0.123. The van der Waals surface area contributed by atoms with Gasteiger partial charge >= 0.3 is 0 Å². The lowest BCUT2D eigenvalue weighted by Crippen LogP contribution is -2.54. The molecule has 18 heavy (non-hydrogen) atoms. The van der Waals surface area contributed by atoms with Crippen LogP contribution in [-0.4, -0.2) is 37.7 Å². The van der Waals surface area contributed by atoms with Gasteiger partial charge in [-0.2, -0.15) is 0 Å². The lowest BCUT2D eigenvalue weighted by Gasteiger charge is -2.40. The minimum atomic E-state index is -0.123. The van der Waals surface area contributed by atoms with E-state index in [9.17, 15) is 4.79 Å². The molecular weight excluding hydrogens is 228 g/mol. The van der Waals surface area contributed by atoms with E-state index in [4.69, 9.17) is 4.74 Å². The van der Waals surface area contributed by atoms with Gasteiger partial charge in [-0.15, -0.1) is 0 Å². The van der Waals surface area contributed by atoms with Gasteiger partial charge in [-0.25, -0.2) is 0 Å². The highest BCUT2D eigenvalue weighted by molar-refractivity contribution is 5.83. The number of carbonyl (C=O) groups is 1. The van der Waals surface area contributed by atoms with Gasteiger partial charge in [-0.3, -0.25) is 4.79 Å². The summed E-state index contributed by atoms with van der Waals surface area (Å²) in [7, 11) is 0. The van der Waals surface area contributed by atoms with Crippen LogP contribution in [0.25, 0.3) is 0 Å². The molecule has 1 heterocycles. The fraction of sp³-hybridized carbons (Fsp3) is 0.929. The first kappa shape index (κ1) is 13.8. The molecule has 4 heteroatoms. The monoisotopic (exact) mass is 254 g/mol. The van der Waals surface area contributed by atoms with Crippen LogP contribution < -0.4 is 10.6 Å². The van der Waals surface area contributed by atoms with Crippen LogP contribution in [0.5, 0.6) is 0 Å². The second-order valence-corrected chi connectivity index (χ2v) is 5.60. The number of piperidine rings is 1. The predicted octanol–water partition coefficient (Wildman–Crippen LogP) is 1.45. The van der Waals surface area contributed by atoms with Gasteiger partial charge in [0.2, 0.25) is 5.91 Å². The number of rotatable bonds is 5. The first-order chi connectivity index (χ1) is 8.70. The molecule has 1 saturated heterocycles. The Hall–Kier alpha value is -0.610. The van der Waals surface area contributed by atoms with Gasteiger partial charge in [0.1, 0.15) is 0 Å². The Bertz CT molecular complexity index is 282. The largest absolute Gasteiger partial charge is 0.378 e. The van der Waals surface area contributed by atoms with Gasteiger partial charge in [0.15, 0.2) is 0 Å². The molecule has 0 atom stereocenters. The minimum absolute atomic E-state index is 0.123. The van der Waals surface area contributed by atoms with Crippen molar-refractivity contribution in [3.63, 3.8) is 0 Å². The van der Waals surface area contributed by atoms with Crippen LogP contribution in [0.2, 0.25) is 0 Å². The Morgan fingerprint density at radius 2 is 2.00 bits per heavy atom. The molecule has 2 rings (SSSR count). The van der Waals surface area contributed by atoms with Crippen molar-refractivity contribution in [3.8, 4) is 0 Å². The van der Waals surface area contributed by atoms with Crippen LogP contribution in [-0.2, 0) is 9.53 Å². The first-order valence-corrected chi connectivity index (χ1v) is 7.33. The zero-order chi connectivity index (χ0) is 13.0. The molecule has 1 aliphatic carbocycles. The normalized spacial score (nSPS) is 30.6. The zero-order valence-corrected chi connectivity index (χ0v) is 11.6. The molecule has 2 N–H and O–H groups in total. The van der Waals surface area contributed by atoms with Crippen molar-refractivity contribution in [2.75, 3.05) is 19.7 Å². The van der Waals surface area contributed by atoms with Gasteiger partial charge in [0.25, 0.3) is 0 Å². The third kappa shape index (κ3) is 2.86. The smallest absolute Gasteiger partial charge is 0.226 e. The Balaban J connectivity index is 1.80. The van der Waals surface area contributed by atoms with E-state index >= 15 is 0 Å². The lowest BCUT2D eigenvalue weighted by atomic mass is 9.75. The van der Waals surface area contributed by atoms with Crippen LogP contribution in [0, 0.1) is 5.41 Å². The highest BCUT2D eigenvalue weighted by atomic mass is 16.5. The van der Waals surface area contributed by atoms with Crippen LogP contribution in [0.3, 0.4) is 0 Å². The van der Waals surface area contributed by atoms with Crippen LogP contribution in [0.15, 0.2) is 0 Å². The standard InChI is InChI=1S/C14H26N2O2/c1-3-14(5-7-15-8-6-14)13(17)16-11-9-12(10-11)18-4-2/h11-12,15H,3-10H2,1-2H3,(H,16,17). The summed E-state index contributed by atoms with van der Waals surface area (Å²) in [6, 6.07) is 0.340. The Labute approximate surface area is 110 Å². The molecule has 104 valence electrons. The lowest BCUT2D eigenvalue weighted by molar-refractivity contribution is -0.135. The number of hydrogen-bond donors (Lipinski definition) is 2. The fourth-order valence-electron chi connectivity index (χ4n) is 3.04. The van der Waals surface area contributed by atoms with Crippen molar-refractivity contribution in [3.05, 3.63) is 0 Å². The molecule has 4 nitrogen and oxygen atoms in total. The van der Waals surface area contributed by atoms with Crippen molar-refractivity contribution in [1.82, 2.24) is 10.6 Å². The molecule has 0 aromatic carbocycles. The van der Waals surface area contributed by atoms with E-state index in [-0.39, 0.29) is 11.3 Å². The maximum atomic E-state index is 12.4. The molecule has 2 aliphatic rings. The highest BCUT2D eigenvalue weighted by Crippen LogP contribution is 2.34. The molecule has 0 unspecified atom stereocenters. The Kier molecular flexibility index (Phi) is 4.62. The molecule has 2 fully saturated rings. The molecule has 0 aromatic rings. The molecule has 0 aromatic heterocycles. The van der Waals surface area contributed by atoms with E-state index in [2.05, 4.69) is 17.6 Å². The van der Waals surface area contributed by atoms with Crippen molar-refractivity contribution in [2.45, 2.75) is 58.1 Å². The van der Waals surface area contributed by atoms with Gasteiger partial charge in [0, 0.05) is 12.6 Å². The summed E-state index contributed by atoms with van der Waals surface area (Å²) < 4.78 is 5.53. The van der Waals surface area contributed by atoms with E-state index in [0.29, 0.717) is 12.1 Å². The highest BCUT2D eigenvalue weighted by Gasteiger charge is 2.40. The molecule has 1 amide bonds. The van der Waals surface area contributed by atoms with E-state index < -0.39 is 0 Å². The third-order valence-corrected chi connectivity index (χ3v) is 4.55. The van der Waals surface area contributed by atoms with Crippen molar-refractivity contribution in [2.24, 2.45) is 5.41 Å². The Morgan fingerprint density at radius 3 is 2.56 bits per heavy atom. The summed E-state index contributed by atoms with van der Waals surface area (Å²) in [5.74, 6) is 0.270. The van der Waals surface area contributed by atoms with Gasteiger partial charge in [-0.05, 0) is 52.1 Å². The van der Waals surface area contributed by atoms with Gasteiger partial charge in [-0.1, -0.05) is 6.92 Å².